The Labute approximate surface area is 172 Å². The molecule has 2 amide bonds. The highest BCUT2D eigenvalue weighted by Gasteiger charge is 2.31. The van der Waals surface area contributed by atoms with Crippen LogP contribution in [0.1, 0.15) is 18.9 Å². The lowest BCUT2D eigenvalue weighted by Crippen LogP contribution is -2.39. The topological polar surface area (TPSA) is 65.5 Å². The van der Waals surface area contributed by atoms with E-state index in [9.17, 15) is 9.59 Å². The van der Waals surface area contributed by atoms with E-state index >= 15 is 0 Å². The van der Waals surface area contributed by atoms with Crippen LogP contribution in [0.4, 0.5) is 0 Å². The predicted molar refractivity (Wildman–Crippen MR) is 114 cm³/mol. The molecule has 0 unspecified atom stereocenters. The maximum absolute atomic E-state index is 13.3. The van der Waals surface area contributed by atoms with E-state index in [1.807, 2.05) is 29.2 Å². The fourth-order valence-corrected chi connectivity index (χ4v) is 3.96. The zero-order chi connectivity index (χ0) is 20.6. The Morgan fingerprint density at radius 1 is 1.17 bits per heavy atom. The van der Waals surface area contributed by atoms with Gasteiger partial charge >= 0.3 is 0 Å². The highest BCUT2D eigenvalue weighted by Crippen LogP contribution is 2.27. The van der Waals surface area contributed by atoms with Crippen molar-refractivity contribution in [1.29, 1.82) is 0 Å². The molecule has 1 atom stereocenters. The fraction of sp³-hybridized carbons (Fsp3) is 0.435. The average Bonchev–Trinajstić information content (AvgIpc) is 2.89. The Morgan fingerprint density at radius 3 is 2.66 bits per heavy atom. The van der Waals surface area contributed by atoms with Crippen molar-refractivity contribution in [3.05, 3.63) is 54.4 Å². The van der Waals surface area contributed by atoms with E-state index in [2.05, 4.69) is 34.3 Å². The summed E-state index contributed by atoms with van der Waals surface area (Å²) in [4.78, 5) is 33.4. The molecule has 0 saturated carbocycles. The van der Waals surface area contributed by atoms with Crippen molar-refractivity contribution in [2.45, 2.75) is 19.8 Å². The Bertz CT molecular complexity index is 825. The molecule has 1 fully saturated rings. The van der Waals surface area contributed by atoms with E-state index in [0.29, 0.717) is 26.1 Å². The summed E-state index contributed by atoms with van der Waals surface area (Å²) in [5, 5.41) is 2.69. The SMILES string of the molecule is CCCN1CCN(CC(=O)NC)C[C@@H](Cc2ccccc2-c2ccncc2)C1=O. The van der Waals surface area contributed by atoms with Gasteiger partial charge in [0, 0.05) is 45.6 Å². The third-order valence-corrected chi connectivity index (χ3v) is 5.44. The second-order valence-electron chi connectivity index (χ2n) is 7.53. The second-order valence-corrected chi connectivity index (χ2v) is 7.53. The molecule has 1 saturated heterocycles. The Balaban J connectivity index is 1.86. The van der Waals surface area contributed by atoms with Crippen LogP contribution in [0.3, 0.4) is 0 Å². The molecule has 1 aliphatic heterocycles. The number of benzene rings is 1. The number of nitrogens with zero attached hydrogens (tertiary/aromatic N) is 3. The van der Waals surface area contributed by atoms with E-state index in [4.69, 9.17) is 0 Å². The molecule has 2 heterocycles. The van der Waals surface area contributed by atoms with Crippen LogP contribution >= 0.6 is 0 Å². The van der Waals surface area contributed by atoms with Crippen molar-refractivity contribution in [1.82, 2.24) is 20.1 Å². The Hall–Kier alpha value is -2.73. The normalized spacial score (nSPS) is 17.8. The van der Waals surface area contributed by atoms with E-state index in [0.717, 1.165) is 36.2 Å². The zero-order valence-corrected chi connectivity index (χ0v) is 17.3. The van der Waals surface area contributed by atoms with Crippen LogP contribution in [0, 0.1) is 5.92 Å². The van der Waals surface area contributed by atoms with Crippen LogP contribution in [0.2, 0.25) is 0 Å². The molecule has 0 spiro atoms. The number of amides is 2. The Morgan fingerprint density at radius 2 is 1.93 bits per heavy atom. The molecule has 29 heavy (non-hydrogen) atoms. The standard InChI is InChI=1S/C23H30N4O2/c1-3-12-27-14-13-26(17-22(28)24-2)16-20(23(27)29)15-19-6-4-5-7-21(19)18-8-10-25-11-9-18/h4-11,20H,3,12-17H2,1-2H3,(H,24,28)/t20-/m1/s1. The summed E-state index contributed by atoms with van der Waals surface area (Å²) in [6.07, 6.45) is 5.16. The summed E-state index contributed by atoms with van der Waals surface area (Å²) < 4.78 is 0. The first-order valence-corrected chi connectivity index (χ1v) is 10.3. The average molecular weight is 395 g/mol. The summed E-state index contributed by atoms with van der Waals surface area (Å²) in [5.74, 6) is 0.00445. The molecular weight excluding hydrogens is 364 g/mol. The van der Waals surface area contributed by atoms with Gasteiger partial charge in [-0.05, 0) is 41.7 Å². The molecule has 3 rings (SSSR count). The van der Waals surface area contributed by atoms with E-state index < -0.39 is 0 Å². The van der Waals surface area contributed by atoms with Crippen molar-refractivity contribution >= 4 is 11.8 Å². The summed E-state index contributed by atoms with van der Waals surface area (Å²) >= 11 is 0. The first kappa shape index (κ1) is 21.0. The predicted octanol–water partition coefficient (Wildman–Crippen LogP) is 2.21. The quantitative estimate of drug-likeness (QED) is 0.782. The van der Waals surface area contributed by atoms with Crippen molar-refractivity contribution in [2.75, 3.05) is 39.8 Å². The highest BCUT2D eigenvalue weighted by atomic mass is 16.2. The number of pyridine rings is 1. The van der Waals surface area contributed by atoms with Gasteiger partial charge in [0.25, 0.3) is 0 Å². The molecule has 2 aromatic rings. The van der Waals surface area contributed by atoms with Gasteiger partial charge in [0.15, 0.2) is 0 Å². The van der Waals surface area contributed by atoms with Crippen LogP contribution in [-0.2, 0) is 16.0 Å². The minimum atomic E-state index is -0.170. The molecule has 0 bridgehead atoms. The van der Waals surface area contributed by atoms with Crippen molar-refractivity contribution < 1.29 is 9.59 Å². The van der Waals surface area contributed by atoms with Crippen LogP contribution in [0.5, 0.6) is 0 Å². The van der Waals surface area contributed by atoms with Gasteiger partial charge in [0.2, 0.25) is 11.8 Å². The number of likely N-dealkylation sites (N-methyl/N-ethyl adjacent to an activating group) is 1. The van der Waals surface area contributed by atoms with Crippen molar-refractivity contribution in [3.8, 4) is 11.1 Å². The summed E-state index contributed by atoms with van der Waals surface area (Å²) in [5.41, 5.74) is 3.38. The minimum Gasteiger partial charge on any atom is -0.358 e. The molecule has 1 aliphatic rings. The second kappa shape index (κ2) is 10.2. The van der Waals surface area contributed by atoms with Gasteiger partial charge in [-0.15, -0.1) is 0 Å². The Kier molecular flexibility index (Phi) is 7.36. The van der Waals surface area contributed by atoms with Gasteiger partial charge < -0.3 is 10.2 Å². The molecule has 1 aromatic carbocycles. The van der Waals surface area contributed by atoms with Crippen LogP contribution < -0.4 is 5.32 Å². The monoisotopic (exact) mass is 394 g/mol. The molecule has 6 nitrogen and oxygen atoms in total. The number of hydrogen-bond acceptors (Lipinski definition) is 4. The lowest BCUT2D eigenvalue weighted by Gasteiger charge is -2.24. The molecule has 154 valence electrons. The fourth-order valence-electron chi connectivity index (χ4n) is 3.96. The van der Waals surface area contributed by atoms with Gasteiger partial charge in [0.1, 0.15) is 0 Å². The van der Waals surface area contributed by atoms with Crippen molar-refractivity contribution in [2.24, 2.45) is 5.92 Å². The molecule has 1 N–H and O–H groups in total. The summed E-state index contributed by atoms with van der Waals surface area (Å²) in [7, 11) is 1.65. The molecule has 1 aromatic heterocycles. The highest BCUT2D eigenvalue weighted by molar-refractivity contribution is 5.81. The van der Waals surface area contributed by atoms with Gasteiger partial charge in [-0.3, -0.25) is 19.5 Å². The third kappa shape index (κ3) is 5.41. The zero-order valence-electron chi connectivity index (χ0n) is 17.3. The number of carbonyl (C=O) groups excluding carboxylic acids is 2. The third-order valence-electron chi connectivity index (χ3n) is 5.44. The van der Waals surface area contributed by atoms with Gasteiger partial charge in [-0.1, -0.05) is 31.2 Å². The number of aromatic nitrogens is 1. The van der Waals surface area contributed by atoms with E-state index in [-0.39, 0.29) is 17.7 Å². The van der Waals surface area contributed by atoms with Gasteiger partial charge in [-0.2, -0.15) is 0 Å². The number of rotatable bonds is 7. The lowest BCUT2D eigenvalue weighted by atomic mass is 9.91. The van der Waals surface area contributed by atoms with Crippen LogP contribution in [0.15, 0.2) is 48.8 Å². The molecular formula is C23H30N4O2. The molecule has 0 aliphatic carbocycles. The summed E-state index contributed by atoms with van der Waals surface area (Å²) in [6.45, 7) is 5.17. The van der Waals surface area contributed by atoms with E-state index in [1.165, 1.54) is 0 Å². The van der Waals surface area contributed by atoms with Crippen molar-refractivity contribution in [3.63, 3.8) is 0 Å². The minimum absolute atomic E-state index is 0.0164. The number of hydrogen-bond donors (Lipinski definition) is 1. The number of nitrogens with one attached hydrogen (secondary N) is 1. The molecule has 6 heteroatoms. The van der Waals surface area contributed by atoms with Gasteiger partial charge in [-0.25, -0.2) is 0 Å². The largest absolute Gasteiger partial charge is 0.358 e. The summed E-state index contributed by atoms with van der Waals surface area (Å²) in [6, 6.07) is 12.2. The molecule has 0 radical (unpaired) electrons. The smallest absolute Gasteiger partial charge is 0.233 e. The van der Waals surface area contributed by atoms with E-state index in [1.54, 1.807) is 19.4 Å². The number of carbonyl (C=O) groups is 2. The maximum atomic E-state index is 13.3. The van der Waals surface area contributed by atoms with Crippen LogP contribution in [0.25, 0.3) is 11.1 Å². The maximum Gasteiger partial charge on any atom is 0.233 e. The first-order valence-electron chi connectivity index (χ1n) is 10.3. The van der Waals surface area contributed by atoms with Gasteiger partial charge in [0.05, 0.1) is 12.5 Å². The van der Waals surface area contributed by atoms with Crippen LogP contribution in [-0.4, -0.2) is 66.4 Å². The lowest BCUT2D eigenvalue weighted by molar-refractivity contribution is -0.134. The first-order chi connectivity index (χ1) is 14.1.